The molecule has 4 heteroatoms. The van der Waals surface area contributed by atoms with Gasteiger partial charge in [-0.25, -0.2) is 4.98 Å². The van der Waals surface area contributed by atoms with Gasteiger partial charge in [0.15, 0.2) is 5.58 Å². The summed E-state index contributed by atoms with van der Waals surface area (Å²) < 4.78 is 5.81. The minimum Gasteiger partial charge on any atom is -0.439 e. The molecule has 4 nitrogen and oxygen atoms in total. The summed E-state index contributed by atoms with van der Waals surface area (Å²) in [5.41, 5.74) is 8.18. The van der Waals surface area contributed by atoms with Crippen molar-refractivity contribution in [3.05, 3.63) is 24.1 Å². The maximum absolute atomic E-state index is 5.81. The van der Waals surface area contributed by atoms with Crippen molar-refractivity contribution in [2.45, 2.75) is 45.2 Å². The molecule has 2 aromatic rings. The Labute approximate surface area is 113 Å². The number of fused-ring (bicyclic) bond motifs is 1. The molecular formula is C15H21N3O. The Kier molecular flexibility index (Phi) is 3.42. The number of oxazole rings is 1. The van der Waals surface area contributed by atoms with Gasteiger partial charge in [0.25, 0.3) is 0 Å². The Morgan fingerprint density at radius 2 is 2.26 bits per heavy atom. The summed E-state index contributed by atoms with van der Waals surface area (Å²) >= 11 is 0. The Hall–Kier alpha value is -1.55. The lowest BCUT2D eigenvalue weighted by molar-refractivity contribution is 0.187. The molecule has 0 bridgehead atoms. The molecule has 1 aliphatic heterocycles. The second kappa shape index (κ2) is 5.21. The fourth-order valence-corrected chi connectivity index (χ4v) is 2.80. The van der Waals surface area contributed by atoms with E-state index in [1.807, 2.05) is 18.2 Å². The van der Waals surface area contributed by atoms with E-state index in [1.165, 1.54) is 25.7 Å². The van der Waals surface area contributed by atoms with Crippen LogP contribution in [0.2, 0.25) is 0 Å². The number of nitrogens with two attached hydrogens (primary N) is 1. The third-order valence-electron chi connectivity index (χ3n) is 3.98. The van der Waals surface area contributed by atoms with Crippen LogP contribution < -0.4 is 5.73 Å². The normalized spacial score (nSPS) is 21.6. The molecule has 1 saturated heterocycles. The second-order valence-electron chi connectivity index (χ2n) is 5.50. The zero-order valence-electron chi connectivity index (χ0n) is 11.4. The fraction of sp³-hybridized carbons (Fsp3) is 0.533. The zero-order valence-corrected chi connectivity index (χ0v) is 11.4. The van der Waals surface area contributed by atoms with Gasteiger partial charge in [0.05, 0.1) is 6.54 Å². The summed E-state index contributed by atoms with van der Waals surface area (Å²) in [7, 11) is 0. The van der Waals surface area contributed by atoms with E-state index in [0.717, 1.165) is 35.8 Å². The molecule has 1 unspecified atom stereocenters. The van der Waals surface area contributed by atoms with Crippen molar-refractivity contribution < 1.29 is 4.42 Å². The number of rotatable bonds is 2. The van der Waals surface area contributed by atoms with Crippen molar-refractivity contribution in [3.63, 3.8) is 0 Å². The minimum absolute atomic E-state index is 0.614. The van der Waals surface area contributed by atoms with Gasteiger partial charge >= 0.3 is 0 Å². The van der Waals surface area contributed by atoms with E-state index in [2.05, 4.69) is 16.8 Å². The van der Waals surface area contributed by atoms with E-state index >= 15 is 0 Å². The van der Waals surface area contributed by atoms with Gasteiger partial charge in [0.2, 0.25) is 5.89 Å². The predicted molar refractivity (Wildman–Crippen MR) is 76.8 cm³/mol. The van der Waals surface area contributed by atoms with Gasteiger partial charge in [-0.3, -0.25) is 4.90 Å². The van der Waals surface area contributed by atoms with Crippen LogP contribution >= 0.6 is 0 Å². The Morgan fingerprint density at radius 1 is 1.37 bits per heavy atom. The number of hydrogen-bond acceptors (Lipinski definition) is 4. The highest BCUT2D eigenvalue weighted by Crippen LogP contribution is 2.22. The second-order valence-corrected chi connectivity index (χ2v) is 5.50. The van der Waals surface area contributed by atoms with Crippen LogP contribution in [0, 0.1) is 0 Å². The van der Waals surface area contributed by atoms with E-state index in [-0.39, 0.29) is 0 Å². The molecule has 0 aliphatic carbocycles. The first-order chi connectivity index (χ1) is 9.22. The number of nitrogen functional groups attached to an aromatic ring is 1. The van der Waals surface area contributed by atoms with Crippen LogP contribution in [-0.4, -0.2) is 22.5 Å². The first-order valence-corrected chi connectivity index (χ1v) is 7.11. The lowest BCUT2D eigenvalue weighted by Gasteiger charge is -2.25. The molecule has 1 aromatic carbocycles. The van der Waals surface area contributed by atoms with Gasteiger partial charge in [0.1, 0.15) is 5.52 Å². The quantitative estimate of drug-likeness (QED) is 0.842. The maximum atomic E-state index is 5.81. The van der Waals surface area contributed by atoms with Gasteiger partial charge in [-0.05, 0) is 44.5 Å². The van der Waals surface area contributed by atoms with E-state index in [4.69, 9.17) is 10.2 Å². The van der Waals surface area contributed by atoms with Crippen molar-refractivity contribution in [3.8, 4) is 0 Å². The molecule has 1 aromatic heterocycles. The number of likely N-dealkylation sites (tertiary alicyclic amines) is 1. The molecule has 1 fully saturated rings. The molecule has 2 N–H and O–H groups in total. The number of nitrogens with zero attached hydrogens (tertiary/aromatic N) is 2. The van der Waals surface area contributed by atoms with Gasteiger partial charge in [-0.1, -0.05) is 12.8 Å². The summed E-state index contributed by atoms with van der Waals surface area (Å²) in [5, 5.41) is 0. The van der Waals surface area contributed by atoms with Crippen LogP contribution in [0.25, 0.3) is 11.1 Å². The minimum atomic E-state index is 0.614. The Bertz CT molecular complexity index is 564. The number of anilines is 1. The molecule has 0 saturated carbocycles. The van der Waals surface area contributed by atoms with Gasteiger partial charge in [-0.2, -0.15) is 0 Å². The molecule has 1 atom stereocenters. The topological polar surface area (TPSA) is 55.3 Å². The number of benzene rings is 1. The highest BCUT2D eigenvalue weighted by molar-refractivity contribution is 5.76. The summed E-state index contributed by atoms with van der Waals surface area (Å²) in [6.45, 7) is 4.24. The van der Waals surface area contributed by atoms with Crippen LogP contribution in [0.1, 0.15) is 38.5 Å². The van der Waals surface area contributed by atoms with E-state index in [9.17, 15) is 0 Å². The largest absolute Gasteiger partial charge is 0.439 e. The molecular weight excluding hydrogens is 238 g/mol. The highest BCUT2D eigenvalue weighted by atomic mass is 16.3. The summed E-state index contributed by atoms with van der Waals surface area (Å²) in [6, 6.07) is 6.23. The molecule has 2 heterocycles. The first kappa shape index (κ1) is 12.5. The third-order valence-corrected chi connectivity index (χ3v) is 3.98. The highest BCUT2D eigenvalue weighted by Gasteiger charge is 2.19. The van der Waals surface area contributed by atoms with Crippen LogP contribution in [0.15, 0.2) is 22.6 Å². The van der Waals surface area contributed by atoms with E-state index in [0.29, 0.717) is 6.04 Å². The van der Waals surface area contributed by atoms with Gasteiger partial charge < -0.3 is 10.2 Å². The van der Waals surface area contributed by atoms with Crippen molar-refractivity contribution in [2.75, 3.05) is 12.3 Å². The first-order valence-electron chi connectivity index (χ1n) is 7.11. The maximum Gasteiger partial charge on any atom is 0.209 e. The van der Waals surface area contributed by atoms with Crippen LogP contribution in [0.3, 0.4) is 0 Å². The molecule has 1 aliphatic rings. The molecule has 0 amide bonds. The Balaban J connectivity index is 1.80. The standard InChI is InChI=1S/C15H21N3O/c1-11-5-3-2-4-8-18(11)10-15-17-13-9-12(16)6-7-14(13)19-15/h6-7,9,11H,2-5,8,10,16H2,1H3. The monoisotopic (exact) mass is 259 g/mol. The van der Waals surface area contributed by atoms with Gasteiger partial charge in [0, 0.05) is 11.7 Å². The van der Waals surface area contributed by atoms with Gasteiger partial charge in [-0.15, -0.1) is 0 Å². The summed E-state index contributed by atoms with van der Waals surface area (Å²) in [6.07, 6.45) is 5.22. The number of aromatic nitrogens is 1. The SMILES string of the molecule is CC1CCCCCN1Cc1nc2cc(N)ccc2o1. The lowest BCUT2D eigenvalue weighted by Crippen LogP contribution is -2.32. The predicted octanol–water partition coefficient (Wildman–Crippen LogP) is 3.17. The number of hydrogen-bond donors (Lipinski definition) is 1. The van der Waals surface area contributed by atoms with E-state index < -0.39 is 0 Å². The van der Waals surface area contributed by atoms with Crippen LogP contribution in [0.5, 0.6) is 0 Å². The van der Waals surface area contributed by atoms with Crippen molar-refractivity contribution >= 4 is 16.8 Å². The third kappa shape index (κ3) is 2.73. The molecule has 0 spiro atoms. The lowest BCUT2D eigenvalue weighted by atomic mass is 10.1. The average Bonchev–Trinajstić information content (AvgIpc) is 2.66. The van der Waals surface area contributed by atoms with Crippen LogP contribution in [-0.2, 0) is 6.54 Å². The fourth-order valence-electron chi connectivity index (χ4n) is 2.80. The molecule has 3 rings (SSSR count). The molecule has 102 valence electrons. The Morgan fingerprint density at radius 3 is 3.16 bits per heavy atom. The molecule has 0 radical (unpaired) electrons. The zero-order chi connectivity index (χ0) is 13.2. The van der Waals surface area contributed by atoms with Crippen molar-refractivity contribution in [1.29, 1.82) is 0 Å². The molecule has 19 heavy (non-hydrogen) atoms. The summed E-state index contributed by atoms with van der Waals surface area (Å²) in [5.74, 6) is 0.800. The van der Waals surface area contributed by atoms with Crippen molar-refractivity contribution in [1.82, 2.24) is 9.88 Å². The van der Waals surface area contributed by atoms with Crippen LogP contribution in [0.4, 0.5) is 5.69 Å². The van der Waals surface area contributed by atoms with Crippen molar-refractivity contribution in [2.24, 2.45) is 0 Å². The average molecular weight is 259 g/mol. The summed E-state index contributed by atoms with van der Waals surface area (Å²) in [4.78, 5) is 7.02. The van der Waals surface area contributed by atoms with E-state index in [1.54, 1.807) is 0 Å². The smallest absolute Gasteiger partial charge is 0.209 e.